The Morgan fingerprint density at radius 2 is 1.56 bits per heavy atom. The molecule has 0 unspecified atom stereocenters. The number of carbonyl (C=O) groups excluding carboxylic acids is 2. The van der Waals surface area contributed by atoms with Gasteiger partial charge in [0.15, 0.2) is 24.7 Å². The van der Waals surface area contributed by atoms with Gasteiger partial charge in [0.2, 0.25) is 0 Å². The van der Waals surface area contributed by atoms with E-state index in [2.05, 4.69) is 5.32 Å². The lowest BCUT2D eigenvalue weighted by Crippen LogP contribution is -2.24. The molecule has 1 amide bonds. The highest BCUT2D eigenvalue weighted by Gasteiger charge is 2.13. The van der Waals surface area contributed by atoms with Crippen molar-refractivity contribution in [1.29, 1.82) is 0 Å². The van der Waals surface area contributed by atoms with Crippen LogP contribution in [0.1, 0.15) is 0 Å². The lowest BCUT2D eigenvalue weighted by molar-refractivity contribution is -0.149. The summed E-state index contributed by atoms with van der Waals surface area (Å²) in [5.74, 6) is 0.721. The zero-order chi connectivity index (χ0) is 19.6. The molecule has 2 aromatic rings. The van der Waals surface area contributed by atoms with Crippen molar-refractivity contribution in [2.24, 2.45) is 0 Å². The summed E-state index contributed by atoms with van der Waals surface area (Å²) in [6, 6.07) is 11.8. The van der Waals surface area contributed by atoms with Gasteiger partial charge in [-0.05, 0) is 24.3 Å². The number of anilines is 1. The summed E-state index contributed by atoms with van der Waals surface area (Å²) in [5, 5.41) is 2.60. The fourth-order valence-corrected chi connectivity index (χ4v) is 2.15. The van der Waals surface area contributed by atoms with E-state index in [-0.39, 0.29) is 6.61 Å². The van der Waals surface area contributed by atoms with E-state index in [1.807, 2.05) is 0 Å². The first-order valence-electron chi connectivity index (χ1n) is 8.00. The number of nitrogens with one attached hydrogen (secondary N) is 1. The van der Waals surface area contributed by atoms with Crippen molar-refractivity contribution in [3.8, 4) is 23.0 Å². The van der Waals surface area contributed by atoms with Gasteiger partial charge < -0.3 is 29.0 Å². The molecule has 0 fully saturated rings. The summed E-state index contributed by atoms with van der Waals surface area (Å²) in [6.07, 6.45) is 0. The summed E-state index contributed by atoms with van der Waals surface area (Å²) < 4.78 is 25.6. The molecule has 2 rings (SSSR count). The molecule has 144 valence electrons. The molecule has 0 saturated carbocycles. The molecule has 0 radical (unpaired) electrons. The quantitative estimate of drug-likeness (QED) is 0.672. The Balaban J connectivity index is 1.82. The Hall–Kier alpha value is -3.42. The lowest BCUT2D eigenvalue weighted by Gasteiger charge is -2.12. The first-order valence-corrected chi connectivity index (χ1v) is 8.00. The van der Waals surface area contributed by atoms with Gasteiger partial charge in [0, 0.05) is 6.07 Å². The molecule has 0 heterocycles. The Kier molecular flexibility index (Phi) is 7.30. The molecule has 0 bridgehead atoms. The topological polar surface area (TPSA) is 92.3 Å². The van der Waals surface area contributed by atoms with Crippen LogP contribution in [0.5, 0.6) is 23.0 Å². The molecule has 8 heteroatoms. The first kappa shape index (κ1) is 19.9. The Morgan fingerprint density at radius 3 is 2.22 bits per heavy atom. The van der Waals surface area contributed by atoms with Crippen LogP contribution in [0.3, 0.4) is 0 Å². The molecular weight excluding hydrogens is 354 g/mol. The third kappa shape index (κ3) is 5.81. The van der Waals surface area contributed by atoms with Crippen molar-refractivity contribution in [3.05, 3.63) is 42.5 Å². The molecule has 0 atom stereocenters. The van der Waals surface area contributed by atoms with E-state index >= 15 is 0 Å². The SMILES string of the molecule is COc1ccc(NC(=O)COC(=O)COc2ccccc2OC)c(OC)c1. The summed E-state index contributed by atoms with van der Waals surface area (Å²) in [7, 11) is 4.50. The van der Waals surface area contributed by atoms with Crippen LogP contribution in [0.25, 0.3) is 0 Å². The highest BCUT2D eigenvalue weighted by molar-refractivity contribution is 5.94. The predicted molar refractivity (Wildman–Crippen MR) is 97.6 cm³/mol. The Morgan fingerprint density at radius 1 is 0.852 bits per heavy atom. The molecule has 0 aliphatic rings. The molecule has 0 aromatic heterocycles. The van der Waals surface area contributed by atoms with E-state index in [1.165, 1.54) is 21.3 Å². The Bertz CT molecular complexity index is 791. The molecule has 2 aromatic carbocycles. The van der Waals surface area contributed by atoms with Crippen molar-refractivity contribution in [2.75, 3.05) is 39.9 Å². The summed E-state index contributed by atoms with van der Waals surface area (Å²) in [6.45, 7) is -0.803. The van der Waals surface area contributed by atoms with Crippen molar-refractivity contribution in [3.63, 3.8) is 0 Å². The molecule has 8 nitrogen and oxygen atoms in total. The predicted octanol–water partition coefficient (Wildman–Crippen LogP) is 2.27. The zero-order valence-corrected chi connectivity index (χ0v) is 15.3. The summed E-state index contributed by atoms with van der Waals surface area (Å²) in [4.78, 5) is 23.7. The maximum Gasteiger partial charge on any atom is 0.344 e. The molecule has 27 heavy (non-hydrogen) atoms. The normalized spacial score (nSPS) is 9.89. The average molecular weight is 375 g/mol. The standard InChI is InChI=1S/C19H21NO7/c1-23-13-8-9-14(17(10-13)25-3)20-18(21)11-27-19(22)12-26-16-7-5-4-6-15(16)24-2/h4-10H,11-12H2,1-3H3,(H,20,21). The highest BCUT2D eigenvalue weighted by Crippen LogP contribution is 2.29. The van der Waals surface area contributed by atoms with Crippen LogP contribution in [-0.4, -0.2) is 46.4 Å². The minimum atomic E-state index is -0.683. The van der Waals surface area contributed by atoms with Gasteiger partial charge in [-0.15, -0.1) is 0 Å². The van der Waals surface area contributed by atoms with Gasteiger partial charge >= 0.3 is 5.97 Å². The van der Waals surface area contributed by atoms with E-state index in [1.54, 1.807) is 42.5 Å². The number of para-hydroxylation sites is 2. The van der Waals surface area contributed by atoms with Crippen LogP contribution >= 0.6 is 0 Å². The van der Waals surface area contributed by atoms with E-state index in [4.69, 9.17) is 23.7 Å². The van der Waals surface area contributed by atoms with Crippen molar-refractivity contribution in [2.45, 2.75) is 0 Å². The van der Waals surface area contributed by atoms with Crippen LogP contribution < -0.4 is 24.3 Å². The second-order valence-electron chi connectivity index (χ2n) is 5.21. The molecule has 1 N–H and O–H groups in total. The van der Waals surface area contributed by atoms with Gasteiger partial charge in [0.1, 0.15) is 11.5 Å². The number of carbonyl (C=O) groups is 2. The molecule has 0 aliphatic carbocycles. The van der Waals surface area contributed by atoms with Crippen LogP contribution in [-0.2, 0) is 14.3 Å². The van der Waals surface area contributed by atoms with E-state index in [9.17, 15) is 9.59 Å². The smallest absolute Gasteiger partial charge is 0.344 e. The third-order valence-electron chi connectivity index (χ3n) is 3.46. The largest absolute Gasteiger partial charge is 0.497 e. The maximum atomic E-state index is 12.0. The average Bonchev–Trinajstić information content (AvgIpc) is 2.71. The number of benzene rings is 2. The summed E-state index contributed by atoms with van der Waals surface area (Å²) in [5.41, 5.74) is 0.435. The van der Waals surface area contributed by atoms with Gasteiger partial charge in [0.05, 0.1) is 27.0 Å². The molecule has 0 aliphatic heterocycles. The van der Waals surface area contributed by atoms with E-state index in [0.717, 1.165) is 0 Å². The van der Waals surface area contributed by atoms with Gasteiger partial charge in [0.25, 0.3) is 5.91 Å². The molecule has 0 spiro atoms. The monoisotopic (exact) mass is 375 g/mol. The summed E-state index contributed by atoms with van der Waals surface area (Å²) >= 11 is 0. The van der Waals surface area contributed by atoms with Crippen molar-refractivity contribution in [1.82, 2.24) is 0 Å². The van der Waals surface area contributed by atoms with Crippen LogP contribution in [0.2, 0.25) is 0 Å². The van der Waals surface area contributed by atoms with Crippen molar-refractivity contribution < 1.29 is 33.3 Å². The van der Waals surface area contributed by atoms with Crippen molar-refractivity contribution >= 4 is 17.6 Å². The maximum absolute atomic E-state index is 12.0. The van der Waals surface area contributed by atoms with Gasteiger partial charge in [-0.1, -0.05) is 12.1 Å². The van der Waals surface area contributed by atoms with Crippen LogP contribution in [0.15, 0.2) is 42.5 Å². The lowest BCUT2D eigenvalue weighted by atomic mass is 10.2. The fourth-order valence-electron chi connectivity index (χ4n) is 2.15. The van der Waals surface area contributed by atoms with Gasteiger partial charge in [-0.3, -0.25) is 4.79 Å². The number of hydrogen-bond acceptors (Lipinski definition) is 7. The van der Waals surface area contributed by atoms with Crippen LogP contribution in [0.4, 0.5) is 5.69 Å². The molecular formula is C19H21NO7. The highest BCUT2D eigenvalue weighted by atomic mass is 16.6. The molecule has 0 saturated heterocycles. The fraction of sp³-hybridized carbons (Fsp3) is 0.263. The minimum Gasteiger partial charge on any atom is -0.497 e. The number of esters is 1. The van der Waals surface area contributed by atoms with E-state index < -0.39 is 18.5 Å². The van der Waals surface area contributed by atoms with E-state index in [0.29, 0.717) is 28.7 Å². The minimum absolute atomic E-state index is 0.348. The van der Waals surface area contributed by atoms with Crippen LogP contribution in [0, 0.1) is 0 Å². The number of hydrogen-bond donors (Lipinski definition) is 1. The Labute approximate surface area is 156 Å². The third-order valence-corrected chi connectivity index (χ3v) is 3.46. The number of rotatable bonds is 9. The first-order chi connectivity index (χ1) is 13.1. The van der Waals surface area contributed by atoms with Gasteiger partial charge in [-0.2, -0.15) is 0 Å². The second-order valence-corrected chi connectivity index (χ2v) is 5.21. The number of methoxy groups -OCH3 is 3. The number of ether oxygens (including phenoxy) is 5. The zero-order valence-electron chi connectivity index (χ0n) is 15.3. The van der Waals surface area contributed by atoms with Gasteiger partial charge in [-0.25, -0.2) is 4.79 Å². The number of amides is 1. The second kappa shape index (κ2) is 9.91.